The summed E-state index contributed by atoms with van der Waals surface area (Å²) in [6.45, 7) is 0. The van der Waals surface area contributed by atoms with E-state index in [9.17, 15) is 0 Å². The van der Waals surface area contributed by atoms with Crippen LogP contribution in [0.1, 0.15) is 23.2 Å². The van der Waals surface area contributed by atoms with Crippen molar-refractivity contribution in [1.29, 1.82) is 0 Å². The van der Waals surface area contributed by atoms with Gasteiger partial charge in [-0.3, -0.25) is 4.57 Å². The van der Waals surface area contributed by atoms with Crippen molar-refractivity contribution in [2.45, 2.75) is 12.8 Å². The molecule has 0 spiro atoms. The molecule has 0 atom stereocenters. The predicted molar refractivity (Wildman–Crippen MR) is 383 cm³/mol. The van der Waals surface area contributed by atoms with Crippen LogP contribution in [0.5, 0.6) is 0 Å². The Balaban J connectivity index is 0.698. The van der Waals surface area contributed by atoms with Crippen molar-refractivity contribution in [3.63, 3.8) is 0 Å². The largest absolute Gasteiger partial charge is 0.313 e. The molecular weight excluding hydrogens is 1130 g/mol. The Hall–Kier alpha value is -11.1. The molecule has 7 heterocycles. The van der Waals surface area contributed by atoms with Gasteiger partial charge in [0.1, 0.15) is 0 Å². The molecule has 19 aromatic rings. The number of fused-ring (bicyclic) bond motifs is 18. The maximum Gasteiger partial charge on any atom is 0.155 e. The number of thiophene rings is 2. The number of nitrogens with zero attached hydrogens (tertiary/aromatic N) is 5. The van der Waals surface area contributed by atoms with E-state index in [4.69, 9.17) is 4.98 Å². The van der Waals surface area contributed by atoms with Gasteiger partial charge in [0.2, 0.25) is 0 Å². The SMILES string of the molecule is C1=C(c2cccc3c2c2ccccc2n3-c2ccc3sc4c(-n5c6ccccc6c6ccccc65)nccc4c3c2)c2c(n(-c3ccc4c(c3)c3ccccc3n4-c3cccc(-c4cccc(-c5cccc6c5sc5ccccc56)c4)c3)c3ccccc23)CC1. The Morgan fingerprint density at radius 1 is 0.311 bits per heavy atom. The number of hydrogen-bond donors (Lipinski definition) is 0. The van der Waals surface area contributed by atoms with Crippen molar-refractivity contribution in [1.82, 2.24) is 23.3 Å². The average Bonchev–Trinajstić information content (AvgIpc) is 1.67. The van der Waals surface area contributed by atoms with Gasteiger partial charge in [-0.1, -0.05) is 176 Å². The summed E-state index contributed by atoms with van der Waals surface area (Å²) in [6.07, 6.45) is 6.37. The van der Waals surface area contributed by atoms with E-state index in [1.54, 1.807) is 0 Å². The lowest BCUT2D eigenvalue weighted by Gasteiger charge is -2.19. The minimum Gasteiger partial charge on any atom is -0.313 e. The summed E-state index contributed by atoms with van der Waals surface area (Å²) in [4.78, 5) is 5.13. The van der Waals surface area contributed by atoms with Gasteiger partial charge in [-0.25, -0.2) is 4.98 Å². The average molecular weight is 1180 g/mol. The number of aromatic nitrogens is 5. The van der Waals surface area contributed by atoms with Gasteiger partial charge in [0, 0.05) is 108 Å². The Morgan fingerprint density at radius 3 is 1.62 bits per heavy atom. The monoisotopic (exact) mass is 1180 g/mol. The van der Waals surface area contributed by atoms with Crippen LogP contribution in [0, 0.1) is 0 Å². The van der Waals surface area contributed by atoms with E-state index in [0.717, 1.165) is 30.0 Å². The van der Waals surface area contributed by atoms with Crippen LogP contribution in [0.2, 0.25) is 0 Å². The summed E-state index contributed by atoms with van der Waals surface area (Å²) in [5.74, 6) is 0.970. The molecule has 7 heteroatoms. The highest BCUT2D eigenvalue weighted by Gasteiger charge is 2.28. The van der Waals surface area contributed by atoms with Gasteiger partial charge >= 0.3 is 0 Å². The molecule has 7 aromatic heterocycles. The first-order valence-corrected chi connectivity index (χ1v) is 32.6. The third-order valence-corrected chi connectivity index (χ3v) is 21.7. The van der Waals surface area contributed by atoms with Crippen LogP contribution in [-0.2, 0) is 6.42 Å². The van der Waals surface area contributed by atoms with Gasteiger partial charge < -0.3 is 13.7 Å². The molecule has 20 rings (SSSR count). The van der Waals surface area contributed by atoms with E-state index in [2.05, 4.69) is 297 Å². The molecule has 0 fully saturated rings. The predicted octanol–water partition coefficient (Wildman–Crippen LogP) is 22.8. The van der Waals surface area contributed by atoms with Crippen molar-refractivity contribution in [2.24, 2.45) is 0 Å². The maximum atomic E-state index is 5.13. The highest BCUT2D eigenvalue weighted by molar-refractivity contribution is 7.26. The third-order valence-electron chi connectivity index (χ3n) is 19.3. The van der Waals surface area contributed by atoms with Gasteiger partial charge in [-0.15, -0.1) is 22.7 Å². The molecule has 420 valence electrons. The van der Waals surface area contributed by atoms with Crippen LogP contribution < -0.4 is 0 Å². The van der Waals surface area contributed by atoms with Gasteiger partial charge in [0.15, 0.2) is 5.82 Å². The summed E-state index contributed by atoms with van der Waals surface area (Å²) in [7, 11) is 0. The molecule has 1 aliphatic carbocycles. The highest BCUT2D eigenvalue weighted by atomic mass is 32.1. The standard InChI is InChI=1S/C83H51N5S2/c1-8-33-70-57(22-1)58-23-2-9-34-71(58)88(70)83-82-64(44-45-84-83)68-49-55(41-43-78(68)90-82)87-73-36-11-5-27-66(73)80-62(30-17-38-76(80)87)61-29-16-37-75-79(61)65-26-4-10-35-72(65)86(75)54-40-42-74-67(48-54)59-24-3-7-32-69(59)85(74)53-21-14-19-51(47-53)50-18-13-20-52(46-50)56-28-15-31-63-60-25-6-12-39-77(60)89-81(56)63/h1-15,17-36,38-49H,16,37H2. The first-order chi connectivity index (χ1) is 44.7. The Morgan fingerprint density at radius 2 is 0.822 bits per heavy atom. The van der Waals surface area contributed by atoms with Crippen LogP contribution >= 0.6 is 22.7 Å². The third kappa shape index (κ3) is 7.15. The lowest BCUT2D eigenvalue weighted by molar-refractivity contribution is 0.885. The second kappa shape index (κ2) is 19.2. The van der Waals surface area contributed by atoms with Crippen LogP contribution in [0.4, 0.5) is 0 Å². The summed E-state index contributed by atoms with van der Waals surface area (Å²) in [6, 6.07) is 101. The fourth-order valence-corrected chi connectivity index (χ4v) is 17.9. The van der Waals surface area contributed by atoms with Gasteiger partial charge in [0.05, 0.1) is 43.3 Å². The Labute approximate surface area is 524 Å². The van der Waals surface area contributed by atoms with Gasteiger partial charge in [0.25, 0.3) is 0 Å². The Kier molecular flexibility index (Phi) is 10.7. The molecular formula is C83H51N5S2. The number of allylic oxidation sites excluding steroid dienone is 1. The van der Waals surface area contributed by atoms with Crippen LogP contribution in [0.25, 0.3) is 167 Å². The number of para-hydroxylation sites is 5. The maximum absolute atomic E-state index is 5.13. The van der Waals surface area contributed by atoms with E-state index in [1.165, 1.54) is 167 Å². The zero-order valence-corrected chi connectivity index (χ0v) is 50.2. The van der Waals surface area contributed by atoms with Crippen LogP contribution in [0.15, 0.2) is 285 Å². The molecule has 0 N–H and O–H groups in total. The fourth-order valence-electron chi connectivity index (χ4n) is 15.5. The first-order valence-electron chi connectivity index (χ1n) is 31.0. The normalized spacial score (nSPS) is 12.9. The molecule has 0 saturated carbocycles. The molecule has 12 aromatic carbocycles. The molecule has 0 saturated heterocycles. The number of rotatable bonds is 7. The number of hydrogen-bond acceptors (Lipinski definition) is 3. The first kappa shape index (κ1) is 50.0. The number of pyridine rings is 1. The molecule has 0 amide bonds. The lowest BCUT2D eigenvalue weighted by Crippen LogP contribution is -2.06. The zero-order valence-electron chi connectivity index (χ0n) is 48.6. The van der Waals surface area contributed by atoms with Crippen molar-refractivity contribution >= 4 is 145 Å². The van der Waals surface area contributed by atoms with Crippen molar-refractivity contribution in [3.05, 3.63) is 302 Å². The molecule has 90 heavy (non-hydrogen) atoms. The molecule has 0 bridgehead atoms. The van der Waals surface area contributed by atoms with E-state index in [0.29, 0.717) is 0 Å². The van der Waals surface area contributed by atoms with Gasteiger partial charge in [-0.05, 0) is 149 Å². The van der Waals surface area contributed by atoms with E-state index < -0.39 is 0 Å². The highest BCUT2D eigenvalue weighted by Crippen LogP contribution is 2.48. The van der Waals surface area contributed by atoms with Crippen molar-refractivity contribution in [2.75, 3.05) is 0 Å². The Bertz CT molecular complexity index is 6260. The summed E-state index contributed by atoms with van der Waals surface area (Å²) in [5, 5.41) is 13.8. The molecule has 0 aliphatic heterocycles. The molecule has 0 radical (unpaired) electrons. The smallest absolute Gasteiger partial charge is 0.155 e. The minimum absolute atomic E-state index is 0.931. The number of benzene rings is 12. The topological polar surface area (TPSA) is 32.6 Å². The summed E-state index contributed by atoms with van der Waals surface area (Å²) < 4.78 is 15.0. The van der Waals surface area contributed by atoms with Crippen LogP contribution in [-0.4, -0.2) is 23.3 Å². The van der Waals surface area contributed by atoms with Crippen molar-refractivity contribution in [3.8, 4) is 45.1 Å². The fraction of sp³-hybridized carbons (Fsp3) is 0.0241. The summed E-state index contributed by atoms with van der Waals surface area (Å²) >= 11 is 3.72. The van der Waals surface area contributed by atoms with Crippen LogP contribution in [0.3, 0.4) is 0 Å². The van der Waals surface area contributed by atoms with Crippen molar-refractivity contribution < 1.29 is 0 Å². The minimum atomic E-state index is 0.931. The zero-order chi connectivity index (χ0) is 58.7. The molecule has 0 unspecified atom stereocenters. The molecule has 1 aliphatic rings. The van der Waals surface area contributed by atoms with E-state index >= 15 is 0 Å². The second-order valence-corrected chi connectivity index (χ2v) is 26.1. The summed E-state index contributed by atoms with van der Waals surface area (Å²) in [5.41, 5.74) is 21.9. The van der Waals surface area contributed by atoms with Gasteiger partial charge in [-0.2, -0.15) is 0 Å². The van der Waals surface area contributed by atoms with E-state index in [1.807, 2.05) is 28.9 Å². The molecule has 5 nitrogen and oxygen atoms in total. The quantitative estimate of drug-likeness (QED) is 0.157. The lowest BCUT2D eigenvalue weighted by atomic mass is 9.87. The van der Waals surface area contributed by atoms with E-state index in [-0.39, 0.29) is 0 Å². The second-order valence-electron chi connectivity index (χ2n) is 24.0.